The van der Waals surface area contributed by atoms with Crippen molar-refractivity contribution in [3.8, 4) is 0 Å². The molecule has 0 saturated carbocycles. The van der Waals surface area contributed by atoms with Crippen LogP contribution >= 0.6 is 69.6 Å². The zero-order chi connectivity index (χ0) is 14.3. The van der Waals surface area contributed by atoms with Gasteiger partial charge >= 0.3 is 0 Å². The van der Waals surface area contributed by atoms with E-state index in [4.69, 9.17) is 69.6 Å². The fraction of sp³-hybridized carbons (Fsp3) is 0.750. The Morgan fingerprint density at radius 2 is 0.625 bits per heavy atom. The molecule has 0 radical (unpaired) electrons. The van der Waals surface area contributed by atoms with E-state index >= 15 is 0 Å². The lowest BCUT2D eigenvalue weighted by Crippen LogP contribution is -1.69. The summed E-state index contributed by atoms with van der Waals surface area (Å²) in [6, 6.07) is 0. The van der Waals surface area contributed by atoms with Crippen molar-refractivity contribution in [1.29, 1.82) is 0 Å². The van der Waals surface area contributed by atoms with E-state index < -0.39 is 8.59 Å². The van der Waals surface area contributed by atoms with Crippen molar-refractivity contribution in [3.05, 3.63) is 0 Å². The van der Waals surface area contributed by atoms with Crippen LogP contribution in [0.2, 0.25) is 0 Å². The summed E-state index contributed by atoms with van der Waals surface area (Å²) in [6.45, 7) is 6.11. The smallest absolute Gasteiger partial charge is 0.180 e. The van der Waals surface area contributed by atoms with Crippen molar-refractivity contribution in [2.75, 3.05) is 0 Å². The van der Waals surface area contributed by atoms with Crippen LogP contribution < -0.4 is 0 Å². The van der Waals surface area contributed by atoms with Crippen molar-refractivity contribution in [3.63, 3.8) is 0 Å². The summed E-state index contributed by atoms with van der Waals surface area (Å²) in [5.74, 6) is 0.333. The second-order valence-electron chi connectivity index (χ2n) is 2.31. The molecule has 0 heterocycles. The van der Waals surface area contributed by atoms with Gasteiger partial charge in [-0.25, -0.2) is 0 Å². The molecule has 16 heavy (non-hydrogen) atoms. The van der Waals surface area contributed by atoms with E-state index in [1.54, 1.807) is 0 Å². The molecule has 0 unspecified atom stereocenters. The SMILES string of the molecule is CC(C)=O.CC(C)=O.ClC(Cl)Cl.ClC(Cl)Cl. The van der Waals surface area contributed by atoms with E-state index in [-0.39, 0.29) is 11.6 Å². The first-order valence-electron chi connectivity index (χ1n) is 3.72. The lowest BCUT2D eigenvalue weighted by molar-refractivity contribution is -0.115. The largest absolute Gasteiger partial charge is 0.300 e. The first-order chi connectivity index (χ1) is 6.93. The molecule has 0 aliphatic heterocycles. The Kier molecular flexibility index (Phi) is 34.5. The van der Waals surface area contributed by atoms with Crippen LogP contribution in [-0.2, 0) is 9.59 Å². The van der Waals surface area contributed by atoms with Gasteiger partial charge in [0.05, 0.1) is 0 Å². The minimum absolute atomic E-state index is 0.167. The predicted molar refractivity (Wildman–Crippen MR) is 75.4 cm³/mol. The van der Waals surface area contributed by atoms with Crippen molar-refractivity contribution in [2.24, 2.45) is 0 Å². The topological polar surface area (TPSA) is 34.1 Å². The Balaban J connectivity index is -0.0000000600. The minimum atomic E-state index is -0.750. The zero-order valence-electron chi connectivity index (χ0n) is 9.24. The Bertz CT molecular complexity index is 129. The van der Waals surface area contributed by atoms with Gasteiger partial charge in [-0.15, -0.1) is 0 Å². The van der Waals surface area contributed by atoms with E-state index in [0.717, 1.165) is 0 Å². The van der Waals surface area contributed by atoms with Crippen molar-refractivity contribution in [2.45, 2.75) is 36.3 Å². The summed E-state index contributed by atoms with van der Waals surface area (Å²) in [4.78, 5) is 18.9. The quantitative estimate of drug-likeness (QED) is 0.563. The van der Waals surface area contributed by atoms with Crippen LogP contribution in [0, 0.1) is 0 Å². The fourth-order valence-electron chi connectivity index (χ4n) is 0. The molecule has 0 fully saturated rings. The first-order valence-corrected chi connectivity index (χ1v) is 6.34. The van der Waals surface area contributed by atoms with Gasteiger partial charge in [-0.05, 0) is 27.7 Å². The van der Waals surface area contributed by atoms with Crippen LogP contribution in [-0.4, -0.2) is 20.2 Å². The molecule has 0 saturated heterocycles. The summed E-state index contributed by atoms with van der Waals surface area (Å²) < 4.78 is -1.50. The average molecular weight is 355 g/mol. The number of Topliss-reactive ketones (excluding diaryl/α,β-unsaturated/α-hetero) is 2. The summed E-state index contributed by atoms with van der Waals surface area (Å²) in [7, 11) is 0. The molecule has 0 aliphatic rings. The van der Waals surface area contributed by atoms with Crippen LogP contribution in [0.4, 0.5) is 0 Å². The normalized spacial score (nSPS) is 7.75. The highest BCUT2D eigenvalue weighted by molar-refractivity contribution is 6.63. The minimum Gasteiger partial charge on any atom is -0.300 e. The van der Waals surface area contributed by atoms with E-state index in [9.17, 15) is 9.59 Å². The molecule has 0 spiro atoms. The summed E-state index contributed by atoms with van der Waals surface area (Å²) >= 11 is 28.8. The molecular formula is C8H14Cl6O2. The first kappa shape index (κ1) is 25.8. The van der Waals surface area contributed by atoms with E-state index in [1.165, 1.54) is 27.7 Å². The Morgan fingerprint density at radius 1 is 0.625 bits per heavy atom. The van der Waals surface area contributed by atoms with Gasteiger partial charge in [0, 0.05) is 0 Å². The molecule has 0 amide bonds. The van der Waals surface area contributed by atoms with Crippen LogP contribution in [0.3, 0.4) is 0 Å². The van der Waals surface area contributed by atoms with Gasteiger partial charge in [-0.1, -0.05) is 69.6 Å². The van der Waals surface area contributed by atoms with Crippen LogP contribution in [0.1, 0.15) is 27.7 Å². The van der Waals surface area contributed by atoms with Gasteiger partial charge in [0.15, 0.2) is 8.59 Å². The number of hydrogen-bond acceptors (Lipinski definition) is 2. The fourth-order valence-corrected chi connectivity index (χ4v) is 0. The van der Waals surface area contributed by atoms with E-state index in [1.807, 2.05) is 0 Å². The van der Waals surface area contributed by atoms with E-state index in [0.29, 0.717) is 0 Å². The number of halogens is 6. The number of carbonyl (C=O) groups excluding carboxylic acids is 2. The highest BCUT2D eigenvalue weighted by Crippen LogP contribution is 2.04. The lowest BCUT2D eigenvalue weighted by Gasteiger charge is -1.69. The Morgan fingerprint density at radius 3 is 0.625 bits per heavy atom. The summed E-state index contributed by atoms with van der Waals surface area (Å²) in [5.41, 5.74) is 0. The third-order valence-corrected chi connectivity index (χ3v) is 0. The molecule has 0 bridgehead atoms. The number of alkyl halides is 6. The molecule has 8 heteroatoms. The molecule has 0 rings (SSSR count). The van der Waals surface area contributed by atoms with Crippen LogP contribution in [0.15, 0.2) is 0 Å². The van der Waals surface area contributed by atoms with Gasteiger partial charge in [-0.3, -0.25) is 0 Å². The van der Waals surface area contributed by atoms with Crippen molar-refractivity contribution >= 4 is 81.2 Å². The number of carbonyl (C=O) groups is 2. The molecule has 0 aliphatic carbocycles. The third-order valence-electron chi connectivity index (χ3n) is 0. The Hall–Kier alpha value is 1.08. The number of hydrogen-bond donors (Lipinski definition) is 0. The van der Waals surface area contributed by atoms with Gasteiger partial charge in [0.2, 0.25) is 0 Å². The van der Waals surface area contributed by atoms with Gasteiger partial charge in [0.1, 0.15) is 11.6 Å². The zero-order valence-corrected chi connectivity index (χ0v) is 13.8. The lowest BCUT2D eigenvalue weighted by atomic mass is 10.6. The third kappa shape index (κ3) is 2560. The van der Waals surface area contributed by atoms with Crippen molar-refractivity contribution in [1.82, 2.24) is 0 Å². The monoisotopic (exact) mass is 352 g/mol. The molecular weight excluding hydrogens is 341 g/mol. The average Bonchev–Trinajstić information content (AvgIpc) is 1.76. The molecule has 0 atom stereocenters. The molecule has 0 aromatic carbocycles. The maximum Gasteiger partial charge on any atom is 0.180 e. The highest BCUT2D eigenvalue weighted by atomic mass is 35.6. The summed E-state index contributed by atoms with van der Waals surface area (Å²) in [6.07, 6.45) is 0. The highest BCUT2D eigenvalue weighted by Gasteiger charge is 1.79. The molecule has 0 N–H and O–H groups in total. The predicted octanol–water partition coefficient (Wildman–Crippen LogP) is 5.16. The molecule has 0 aromatic heterocycles. The summed E-state index contributed by atoms with van der Waals surface area (Å²) in [5, 5.41) is 0. The Labute approximate surface area is 126 Å². The van der Waals surface area contributed by atoms with E-state index in [2.05, 4.69) is 0 Å². The number of ketones is 2. The second kappa shape index (κ2) is 21.4. The van der Waals surface area contributed by atoms with Crippen molar-refractivity contribution < 1.29 is 9.59 Å². The van der Waals surface area contributed by atoms with Crippen LogP contribution in [0.25, 0.3) is 0 Å². The van der Waals surface area contributed by atoms with Crippen LogP contribution in [0.5, 0.6) is 0 Å². The standard InChI is InChI=1S/2C3H6O.2CHCl3/c2*1-3(2)4;2*2-1(3)4/h2*1-2H3;2*1H. The van der Waals surface area contributed by atoms with Gasteiger partial charge in [0.25, 0.3) is 0 Å². The molecule has 2 nitrogen and oxygen atoms in total. The maximum absolute atomic E-state index is 9.44. The molecule has 100 valence electrons. The molecule has 0 aromatic rings. The maximum atomic E-state index is 9.44. The second-order valence-corrected chi connectivity index (χ2v) is 6.27. The number of rotatable bonds is 0. The van der Waals surface area contributed by atoms with Gasteiger partial charge < -0.3 is 9.59 Å². The van der Waals surface area contributed by atoms with Gasteiger partial charge in [-0.2, -0.15) is 0 Å².